The van der Waals surface area contributed by atoms with E-state index in [0.29, 0.717) is 17.4 Å². The number of aromatic nitrogens is 2. The molecule has 1 unspecified atom stereocenters. The average Bonchev–Trinajstić information content (AvgIpc) is 2.65. The number of nitrogens with zero attached hydrogens (tertiary/aromatic N) is 3. The molecule has 0 bridgehead atoms. The van der Waals surface area contributed by atoms with Gasteiger partial charge in [0, 0.05) is 11.9 Å². The fourth-order valence-electron chi connectivity index (χ4n) is 2.97. The monoisotopic (exact) mass is 368 g/mol. The fraction of sp³-hybridized carbons (Fsp3) is 0.250. The van der Waals surface area contributed by atoms with Crippen LogP contribution in [0.5, 0.6) is 0 Å². The van der Waals surface area contributed by atoms with E-state index in [9.17, 15) is 14.0 Å². The third kappa shape index (κ3) is 4.38. The van der Waals surface area contributed by atoms with Gasteiger partial charge in [-0.1, -0.05) is 24.3 Å². The smallest absolute Gasteiger partial charge is 0.241 e. The number of para-hydroxylation sites is 1. The van der Waals surface area contributed by atoms with Gasteiger partial charge < -0.3 is 10.2 Å². The molecule has 0 saturated carbocycles. The highest BCUT2D eigenvalue weighted by Crippen LogP contribution is 2.17. The SMILES string of the molecule is CN(C)C(CNC(=O)Cn1ncc(=O)c2ccccc21)c1ccc(F)cc1. The maximum Gasteiger partial charge on any atom is 0.241 e. The Kier molecular flexibility index (Phi) is 5.61. The van der Waals surface area contributed by atoms with Gasteiger partial charge in [-0.05, 0) is 43.9 Å². The second kappa shape index (κ2) is 8.09. The molecule has 3 rings (SSSR count). The van der Waals surface area contributed by atoms with Crippen LogP contribution >= 0.6 is 0 Å². The van der Waals surface area contributed by atoms with E-state index in [1.165, 1.54) is 23.0 Å². The highest BCUT2D eigenvalue weighted by molar-refractivity contribution is 5.81. The summed E-state index contributed by atoms with van der Waals surface area (Å²) in [6.45, 7) is 0.375. The summed E-state index contributed by atoms with van der Waals surface area (Å²) in [6, 6.07) is 13.2. The summed E-state index contributed by atoms with van der Waals surface area (Å²) >= 11 is 0. The van der Waals surface area contributed by atoms with Crippen molar-refractivity contribution in [1.29, 1.82) is 0 Å². The number of fused-ring (bicyclic) bond motifs is 1. The van der Waals surface area contributed by atoms with E-state index < -0.39 is 0 Å². The van der Waals surface area contributed by atoms with Crippen LogP contribution in [0, 0.1) is 5.82 Å². The van der Waals surface area contributed by atoms with Crippen molar-refractivity contribution in [2.45, 2.75) is 12.6 Å². The number of benzene rings is 2. The Hall–Kier alpha value is -3.06. The van der Waals surface area contributed by atoms with Gasteiger partial charge in [0.15, 0.2) is 0 Å². The van der Waals surface area contributed by atoms with E-state index >= 15 is 0 Å². The summed E-state index contributed by atoms with van der Waals surface area (Å²) in [4.78, 5) is 26.3. The van der Waals surface area contributed by atoms with Gasteiger partial charge in [0.05, 0.1) is 17.8 Å². The van der Waals surface area contributed by atoms with E-state index in [2.05, 4.69) is 10.4 Å². The number of rotatable bonds is 6. The van der Waals surface area contributed by atoms with Crippen molar-refractivity contribution in [2.75, 3.05) is 20.6 Å². The maximum atomic E-state index is 13.1. The number of likely N-dealkylation sites (N-methyl/N-ethyl adjacent to an activating group) is 1. The number of nitrogens with one attached hydrogen (secondary N) is 1. The van der Waals surface area contributed by atoms with Crippen LogP contribution in [0.4, 0.5) is 4.39 Å². The molecule has 0 saturated heterocycles. The first kappa shape index (κ1) is 18.7. The zero-order valence-electron chi connectivity index (χ0n) is 15.2. The summed E-state index contributed by atoms with van der Waals surface area (Å²) in [5.41, 5.74) is 1.35. The van der Waals surface area contributed by atoms with Crippen molar-refractivity contribution in [3.05, 3.63) is 76.3 Å². The Morgan fingerprint density at radius 3 is 2.59 bits per heavy atom. The Morgan fingerprint density at radius 2 is 1.89 bits per heavy atom. The van der Waals surface area contributed by atoms with Crippen molar-refractivity contribution in [3.63, 3.8) is 0 Å². The third-order valence-electron chi connectivity index (χ3n) is 4.43. The molecular formula is C20H21FN4O2. The molecule has 0 aliphatic carbocycles. The van der Waals surface area contributed by atoms with Crippen molar-refractivity contribution < 1.29 is 9.18 Å². The molecule has 7 heteroatoms. The second-order valence-electron chi connectivity index (χ2n) is 6.52. The molecule has 1 heterocycles. The zero-order chi connectivity index (χ0) is 19.4. The Bertz CT molecular complexity index is 999. The normalized spacial score (nSPS) is 12.3. The van der Waals surface area contributed by atoms with Gasteiger partial charge in [-0.2, -0.15) is 5.10 Å². The van der Waals surface area contributed by atoms with Crippen LogP contribution in [-0.4, -0.2) is 41.2 Å². The lowest BCUT2D eigenvalue weighted by atomic mass is 10.1. The summed E-state index contributed by atoms with van der Waals surface area (Å²) in [7, 11) is 3.80. The Labute approximate surface area is 156 Å². The van der Waals surface area contributed by atoms with E-state index in [0.717, 1.165) is 5.56 Å². The summed E-state index contributed by atoms with van der Waals surface area (Å²) in [5, 5.41) is 7.49. The topological polar surface area (TPSA) is 67.2 Å². The number of halogens is 1. The molecule has 0 fully saturated rings. The van der Waals surface area contributed by atoms with Gasteiger partial charge in [-0.15, -0.1) is 0 Å². The minimum atomic E-state index is -0.295. The molecule has 1 N–H and O–H groups in total. The fourth-order valence-corrected chi connectivity index (χ4v) is 2.97. The molecule has 27 heavy (non-hydrogen) atoms. The first-order chi connectivity index (χ1) is 13.0. The van der Waals surface area contributed by atoms with Crippen LogP contribution in [0.15, 0.2) is 59.5 Å². The molecule has 0 radical (unpaired) electrons. The van der Waals surface area contributed by atoms with E-state index in [1.807, 2.05) is 19.0 Å². The largest absolute Gasteiger partial charge is 0.353 e. The molecular weight excluding hydrogens is 347 g/mol. The number of carbonyl (C=O) groups excluding carboxylic acids is 1. The minimum absolute atomic E-state index is 0.00433. The van der Waals surface area contributed by atoms with E-state index in [4.69, 9.17) is 0 Å². The lowest BCUT2D eigenvalue weighted by Crippen LogP contribution is -2.36. The highest BCUT2D eigenvalue weighted by Gasteiger charge is 2.16. The molecule has 0 aliphatic rings. The van der Waals surface area contributed by atoms with Crippen LogP contribution in [0.25, 0.3) is 10.9 Å². The first-order valence-electron chi connectivity index (χ1n) is 8.59. The van der Waals surface area contributed by atoms with Gasteiger partial charge in [0.1, 0.15) is 12.4 Å². The highest BCUT2D eigenvalue weighted by atomic mass is 19.1. The van der Waals surface area contributed by atoms with Gasteiger partial charge in [-0.3, -0.25) is 14.3 Å². The van der Waals surface area contributed by atoms with Crippen molar-refractivity contribution in [2.24, 2.45) is 0 Å². The van der Waals surface area contributed by atoms with Crippen LogP contribution in [-0.2, 0) is 11.3 Å². The van der Waals surface area contributed by atoms with Crippen molar-refractivity contribution in [3.8, 4) is 0 Å². The summed E-state index contributed by atoms with van der Waals surface area (Å²) in [6.07, 6.45) is 1.22. The van der Waals surface area contributed by atoms with Crippen LogP contribution in [0.3, 0.4) is 0 Å². The number of amides is 1. The molecule has 0 aliphatic heterocycles. The Morgan fingerprint density at radius 1 is 1.19 bits per heavy atom. The Balaban J connectivity index is 1.71. The van der Waals surface area contributed by atoms with E-state index in [-0.39, 0.29) is 29.7 Å². The molecule has 1 atom stereocenters. The quantitative estimate of drug-likeness (QED) is 0.722. The minimum Gasteiger partial charge on any atom is -0.353 e. The molecule has 6 nitrogen and oxygen atoms in total. The zero-order valence-corrected chi connectivity index (χ0v) is 15.2. The molecule has 1 amide bonds. The van der Waals surface area contributed by atoms with E-state index in [1.54, 1.807) is 36.4 Å². The maximum absolute atomic E-state index is 13.1. The molecule has 3 aromatic rings. The van der Waals surface area contributed by atoms with Crippen molar-refractivity contribution in [1.82, 2.24) is 20.0 Å². The molecule has 140 valence electrons. The predicted molar refractivity (Wildman–Crippen MR) is 102 cm³/mol. The number of hydrogen-bond acceptors (Lipinski definition) is 4. The number of carbonyl (C=O) groups is 1. The standard InChI is InChI=1S/C20H21FN4O2/c1-24(2)18(14-7-9-15(21)10-8-14)11-22-20(27)13-25-17-6-4-3-5-16(17)19(26)12-23-25/h3-10,12,18H,11,13H2,1-2H3,(H,22,27). The molecule has 2 aromatic carbocycles. The second-order valence-corrected chi connectivity index (χ2v) is 6.52. The van der Waals surface area contributed by atoms with Crippen molar-refractivity contribution >= 4 is 16.8 Å². The lowest BCUT2D eigenvalue weighted by Gasteiger charge is -2.25. The van der Waals surface area contributed by atoms with Crippen LogP contribution in [0.1, 0.15) is 11.6 Å². The third-order valence-corrected chi connectivity index (χ3v) is 4.43. The van der Waals surface area contributed by atoms with Gasteiger partial charge in [0.2, 0.25) is 11.3 Å². The van der Waals surface area contributed by atoms with Gasteiger partial charge >= 0.3 is 0 Å². The first-order valence-corrected chi connectivity index (χ1v) is 8.59. The summed E-state index contributed by atoms with van der Waals surface area (Å²) in [5.74, 6) is -0.512. The van der Waals surface area contributed by atoms with Crippen LogP contribution in [0.2, 0.25) is 0 Å². The molecule has 0 spiro atoms. The number of hydrogen-bond donors (Lipinski definition) is 1. The van der Waals surface area contributed by atoms with Crippen LogP contribution < -0.4 is 10.7 Å². The predicted octanol–water partition coefficient (Wildman–Crippen LogP) is 1.95. The molecule has 1 aromatic heterocycles. The lowest BCUT2D eigenvalue weighted by molar-refractivity contribution is -0.122. The van der Waals surface area contributed by atoms with Gasteiger partial charge in [0.25, 0.3) is 0 Å². The van der Waals surface area contributed by atoms with Gasteiger partial charge in [-0.25, -0.2) is 4.39 Å². The summed E-state index contributed by atoms with van der Waals surface area (Å²) < 4.78 is 14.7. The average molecular weight is 368 g/mol.